The number of amides is 1. The molecule has 32 heavy (non-hydrogen) atoms. The molecule has 3 heterocycles. The minimum absolute atomic E-state index is 0.0102. The average molecular weight is 460 g/mol. The smallest absolute Gasteiger partial charge is 0.339 e. The van der Waals surface area contributed by atoms with Crippen LogP contribution >= 0.6 is 0 Å². The van der Waals surface area contributed by atoms with Crippen molar-refractivity contribution in [2.45, 2.75) is 57.6 Å². The van der Waals surface area contributed by atoms with Crippen LogP contribution in [-0.4, -0.2) is 43.1 Å². The Morgan fingerprint density at radius 1 is 1.12 bits per heavy atom. The number of carbonyl (C=O) groups is 1. The molecule has 1 aliphatic heterocycles. The second-order valence-corrected chi connectivity index (χ2v) is 11.0. The number of rotatable bonds is 4. The van der Waals surface area contributed by atoms with Crippen LogP contribution in [0.1, 0.15) is 41.7 Å². The van der Waals surface area contributed by atoms with Gasteiger partial charge in [-0.1, -0.05) is 0 Å². The Labute approximate surface area is 184 Å². The molecule has 2 aromatic heterocycles. The molecule has 2 N–H and O–H groups in total. The van der Waals surface area contributed by atoms with E-state index in [1.165, 1.54) is 5.56 Å². The van der Waals surface area contributed by atoms with Gasteiger partial charge in [-0.3, -0.25) is 4.79 Å². The third kappa shape index (κ3) is 3.73. The first-order valence-corrected chi connectivity index (χ1v) is 12.7. The van der Waals surface area contributed by atoms with Crippen molar-refractivity contribution in [1.29, 1.82) is 0 Å². The minimum Gasteiger partial charge on any atom is -0.461 e. The number of hydrogen-bond acceptors (Lipinski definition) is 7. The molecule has 5 rings (SSSR count). The number of nitrogens with one attached hydrogen (secondary N) is 1. The number of benzene rings is 1. The number of furan rings is 1. The highest BCUT2D eigenvalue weighted by molar-refractivity contribution is 7.91. The van der Waals surface area contributed by atoms with Crippen LogP contribution in [-0.2, 0) is 33.9 Å². The van der Waals surface area contributed by atoms with E-state index in [0.717, 1.165) is 53.4 Å². The second kappa shape index (κ2) is 7.74. The number of sulfone groups is 1. The highest BCUT2D eigenvalue weighted by atomic mass is 32.2. The molecule has 0 unspecified atom stereocenters. The van der Waals surface area contributed by atoms with Crippen molar-refractivity contribution in [3.63, 3.8) is 0 Å². The molecule has 8 nitrogen and oxygen atoms in total. The van der Waals surface area contributed by atoms with Gasteiger partial charge in [0, 0.05) is 40.8 Å². The Hall–Kier alpha value is -2.65. The van der Waals surface area contributed by atoms with Crippen molar-refractivity contribution >= 4 is 37.7 Å². The minimum atomic E-state index is -3.35. The standard InChI is InChI=1S/C23H25NO7S/c1-12-13(6-7-22(26)24-17-10-32(28,29)11-18(17)25)23(27)31-20-9-21-16(8-15(12)20)14-4-2-3-5-19(14)30-21/h8-9,17-18,25H,2-7,10-11H2,1H3,(H,24,26)/t17-,18+/m1/s1. The quantitative estimate of drug-likeness (QED) is 0.571. The molecule has 0 saturated carbocycles. The fourth-order valence-corrected chi connectivity index (χ4v) is 6.66. The molecule has 2 atom stereocenters. The molecule has 1 amide bonds. The van der Waals surface area contributed by atoms with Gasteiger partial charge in [0.05, 0.1) is 23.7 Å². The molecule has 1 saturated heterocycles. The molecule has 0 spiro atoms. The predicted octanol–water partition coefficient (Wildman–Crippen LogP) is 1.93. The molecule has 0 radical (unpaired) electrons. The maximum atomic E-state index is 12.6. The lowest BCUT2D eigenvalue weighted by Crippen LogP contribution is -2.42. The van der Waals surface area contributed by atoms with Gasteiger partial charge in [0.2, 0.25) is 5.91 Å². The molecule has 1 aromatic carbocycles. The van der Waals surface area contributed by atoms with Crippen LogP contribution in [0.2, 0.25) is 0 Å². The van der Waals surface area contributed by atoms with E-state index in [-0.39, 0.29) is 24.3 Å². The van der Waals surface area contributed by atoms with Gasteiger partial charge >= 0.3 is 5.63 Å². The predicted molar refractivity (Wildman–Crippen MR) is 119 cm³/mol. The number of aliphatic hydroxyl groups is 1. The largest absolute Gasteiger partial charge is 0.461 e. The highest BCUT2D eigenvalue weighted by Gasteiger charge is 2.37. The molecule has 170 valence electrons. The lowest BCUT2D eigenvalue weighted by Gasteiger charge is -2.15. The lowest BCUT2D eigenvalue weighted by atomic mass is 9.94. The summed E-state index contributed by atoms with van der Waals surface area (Å²) in [6.45, 7) is 1.85. The molecular weight excluding hydrogens is 434 g/mol. The van der Waals surface area contributed by atoms with Crippen molar-refractivity contribution in [2.75, 3.05) is 11.5 Å². The molecule has 0 bridgehead atoms. The van der Waals surface area contributed by atoms with Gasteiger partial charge in [0.15, 0.2) is 9.84 Å². The fraction of sp³-hybridized carbons (Fsp3) is 0.478. The summed E-state index contributed by atoms with van der Waals surface area (Å²) in [5.74, 6) is -0.0292. The zero-order valence-corrected chi connectivity index (χ0v) is 18.6. The number of hydrogen-bond donors (Lipinski definition) is 2. The lowest BCUT2D eigenvalue weighted by molar-refractivity contribution is -0.122. The Bertz CT molecular complexity index is 1400. The molecule has 1 aliphatic carbocycles. The maximum Gasteiger partial charge on any atom is 0.339 e. The monoisotopic (exact) mass is 459 g/mol. The topological polar surface area (TPSA) is 127 Å². The summed E-state index contributed by atoms with van der Waals surface area (Å²) in [6.07, 6.45) is 3.16. The fourth-order valence-electron chi connectivity index (χ4n) is 4.92. The van der Waals surface area contributed by atoms with E-state index in [1.54, 1.807) is 6.07 Å². The van der Waals surface area contributed by atoms with Crippen LogP contribution in [0.15, 0.2) is 25.8 Å². The van der Waals surface area contributed by atoms with E-state index in [1.807, 2.05) is 13.0 Å². The van der Waals surface area contributed by atoms with Crippen LogP contribution in [0.25, 0.3) is 21.9 Å². The summed E-state index contributed by atoms with van der Waals surface area (Å²) in [6, 6.07) is 2.97. The van der Waals surface area contributed by atoms with E-state index >= 15 is 0 Å². The zero-order valence-electron chi connectivity index (χ0n) is 17.8. The van der Waals surface area contributed by atoms with Crippen LogP contribution in [0, 0.1) is 6.92 Å². The van der Waals surface area contributed by atoms with Gasteiger partial charge in [-0.25, -0.2) is 13.2 Å². The van der Waals surface area contributed by atoms with Gasteiger partial charge in [0.25, 0.3) is 0 Å². The molecule has 9 heteroatoms. The highest BCUT2D eigenvalue weighted by Crippen LogP contribution is 2.35. The molecule has 3 aromatic rings. The summed E-state index contributed by atoms with van der Waals surface area (Å²) in [5, 5.41) is 14.3. The molecule has 1 fully saturated rings. The molecule has 2 aliphatic rings. The van der Waals surface area contributed by atoms with Gasteiger partial charge in [-0.2, -0.15) is 0 Å². The van der Waals surface area contributed by atoms with Gasteiger partial charge < -0.3 is 19.3 Å². The van der Waals surface area contributed by atoms with Crippen molar-refractivity contribution in [1.82, 2.24) is 5.32 Å². The van der Waals surface area contributed by atoms with Crippen LogP contribution in [0.5, 0.6) is 0 Å². The number of aryl methyl sites for hydroxylation is 3. The van der Waals surface area contributed by atoms with Crippen LogP contribution in [0.3, 0.4) is 0 Å². The Balaban J connectivity index is 1.41. The Kier molecular flexibility index (Phi) is 5.13. The third-order valence-electron chi connectivity index (χ3n) is 6.63. The summed E-state index contributed by atoms with van der Waals surface area (Å²) in [4.78, 5) is 25.0. The van der Waals surface area contributed by atoms with Gasteiger partial charge in [-0.15, -0.1) is 0 Å². The summed E-state index contributed by atoms with van der Waals surface area (Å²) >= 11 is 0. The van der Waals surface area contributed by atoms with Crippen molar-refractivity contribution < 1.29 is 27.2 Å². The van der Waals surface area contributed by atoms with E-state index in [4.69, 9.17) is 8.83 Å². The first-order valence-electron chi connectivity index (χ1n) is 10.9. The summed E-state index contributed by atoms with van der Waals surface area (Å²) in [5.41, 5.74) is 3.10. The number of aliphatic hydroxyl groups excluding tert-OH is 1. The van der Waals surface area contributed by atoms with E-state index < -0.39 is 33.5 Å². The van der Waals surface area contributed by atoms with Crippen LogP contribution in [0.4, 0.5) is 0 Å². The number of carbonyl (C=O) groups excluding carboxylic acids is 1. The third-order valence-corrected chi connectivity index (χ3v) is 8.35. The second-order valence-electron chi connectivity index (χ2n) is 8.87. The molecular formula is C23H25NO7S. The summed E-state index contributed by atoms with van der Waals surface area (Å²) < 4.78 is 34.8. The van der Waals surface area contributed by atoms with Gasteiger partial charge in [-0.05, 0) is 44.2 Å². The van der Waals surface area contributed by atoms with Crippen molar-refractivity contribution in [3.8, 4) is 0 Å². The Morgan fingerprint density at radius 2 is 1.88 bits per heavy atom. The van der Waals surface area contributed by atoms with Gasteiger partial charge in [0.1, 0.15) is 16.9 Å². The van der Waals surface area contributed by atoms with Crippen molar-refractivity contribution in [2.24, 2.45) is 0 Å². The van der Waals surface area contributed by atoms with E-state index in [9.17, 15) is 23.1 Å². The average Bonchev–Trinajstić information content (AvgIpc) is 3.21. The Morgan fingerprint density at radius 3 is 2.62 bits per heavy atom. The summed E-state index contributed by atoms with van der Waals surface area (Å²) in [7, 11) is -3.35. The number of fused-ring (bicyclic) bond motifs is 4. The first kappa shape index (κ1) is 21.2. The van der Waals surface area contributed by atoms with Crippen LogP contribution < -0.4 is 10.9 Å². The van der Waals surface area contributed by atoms with Crippen molar-refractivity contribution in [3.05, 3.63) is 45.0 Å². The van der Waals surface area contributed by atoms with E-state index in [2.05, 4.69) is 5.32 Å². The zero-order chi connectivity index (χ0) is 22.6. The van der Waals surface area contributed by atoms with E-state index in [0.29, 0.717) is 11.1 Å². The first-order chi connectivity index (χ1) is 15.2. The normalized spacial score (nSPS) is 22.3. The maximum absolute atomic E-state index is 12.6. The SMILES string of the molecule is Cc1c(CCC(=O)N[C@@H]2CS(=O)(=O)C[C@@H]2O)c(=O)oc2cc3oc4c(c3cc12)CCCC4.